The van der Waals surface area contributed by atoms with Crippen molar-refractivity contribution in [2.45, 2.75) is 37.7 Å². The molecule has 0 N–H and O–H groups in total. The highest BCUT2D eigenvalue weighted by Crippen LogP contribution is 2.42. The van der Waals surface area contributed by atoms with Crippen molar-refractivity contribution in [1.82, 2.24) is 0 Å². The van der Waals surface area contributed by atoms with Crippen molar-refractivity contribution in [3.63, 3.8) is 0 Å². The summed E-state index contributed by atoms with van der Waals surface area (Å²) >= 11 is 6.08. The Morgan fingerprint density at radius 1 is 1.15 bits per heavy atom. The van der Waals surface area contributed by atoms with Gasteiger partial charge in [0.05, 0.1) is 22.2 Å². The van der Waals surface area contributed by atoms with Crippen molar-refractivity contribution >= 4 is 33.1 Å². The van der Waals surface area contributed by atoms with Crippen LogP contribution in [0, 0.1) is 18.6 Å². The molecular weight excluding hydrogens is 484 g/mol. The monoisotopic (exact) mass is 505 g/mol. The van der Waals surface area contributed by atoms with Gasteiger partial charge < -0.3 is 9.53 Å². The number of fused-ring (bicyclic) bond motifs is 1. The van der Waals surface area contributed by atoms with E-state index in [1.165, 1.54) is 23.4 Å². The molecule has 3 aromatic carbocycles. The maximum absolute atomic E-state index is 14.1. The molecule has 0 saturated heterocycles. The van der Waals surface area contributed by atoms with Gasteiger partial charge in [0.2, 0.25) is 0 Å². The highest BCUT2D eigenvalue weighted by atomic mass is 35.5. The van der Waals surface area contributed by atoms with E-state index in [2.05, 4.69) is 0 Å². The number of anilines is 1. The summed E-state index contributed by atoms with van der Waals surface area (Å²) in [7, 11) is -4.01. The number of ether oxygens (including phenoxy) is 1. The smallest absolute Gasteiger partial charge is 0.264 e. The first kappa shape index (κ1) is 24.2. The van der Waals surface area contributed by atoms with Gasteiger partial charge in [-0.15, -0.1) is 0 Å². The number of benzene rings is 3. The molecule has 4 rings (SSSR count). The van der Waals surface area contributed by atoms with Crippen molar-refractivity contribution in [1.29, 1.82) is 0 Å². The van der Waals surface area contributed by atoms with E-state index in [0.29, 0.717) is 18.1 Å². The fourth-order valence-corrected chi connectivity index (χ4v) is 5.71. The third-order valence-corrected chi connectivity index (χ3v) is 7.75. The Labute approximate surface area is 202 Å². The molecule has 178 valence electrons. The Bertz CT molecular complexity index is 1380. The van der Waals surface area contributed by atoms with Crippen LogP contribution in [0.3, 0.4) is 0 Å². The van der Waals surface area contributed by atoms with Crippen LogP contribution in [0.1, 0.15) is 25.3 Å². The molecule has 1 aliphatic heterocycles. The van der Waals surface area contributed by atoms with Crippen LogP contribution in [-0.4, -0.2) is 26.8 Å². The maximum atomic E-state index is 14.1. The summed E-state index contributed by atoms with van der Waals surface area (Å²) in [5.74, 6) is -1.47. The number of carbonyl (C=O) groups is 1. The minimum absolute atomic E-state index is 0.0226. The lowest BCUT2D eigenvalue weighted by atomic mass is 10.0. The van der Waals surface area contributed by atoms with Gasteiger partial charge in [0.25, 0.3) is 10.0 Å². The van der Waals surface area contributed by atoms with Crippen molar-refractivity contribution in [3.8, 4) is 16.9 Å². The number of hydrogen-bond donors (Lipinski definition) is 0. The standard InChI is InChI=1S/C25H22ClF2NO4S/c1-15-4-3-5-20(10-15)34(31,32)29-14-19(8-6-16(2)30)33-24-9-7-17(11-23(24)29)21-12-18(27)13-22(28)25(21)26/h3-5,7,9-13,19H,6,8,14H2,1-2H3/t19-/m0/s1. The molecule has 0 saturated carbocycles. The minimum atomic E-state index is -4.01. The predicted molar refractivity (Wildman–Crippen MR) is 127 cm³/mol. The number of hydrogen-bond acceptors (Lipinski definition) is 4. The zero-order chi connectivity index (χ0) is 24.6. The molecule has 1 atom stereocenters. The van der Waals surface area contributed by atoms with Gasteiger partial charge in [0, 0.05) is 18.1 Å². The molecule has 9 heteroatoms. The van der Waals surface area contributed by atoms with Gasteiger partial charge in [-0.1, -0.05) is 29.8 Å². The number of carbonyl (C=O) groups excluding carboxylic acids is 1. The summed E-state index contributed by atoms with van der Waals surface area (Å²) in [6, 6.07) is 12.9. The third kappa shape index (κ3) is 4.79. The fourth-order valence-electron chi connectivity index (χ4n) is 3.89. The zero-order valence-corrected chi connectivity index (χ0v) is 20.1. The summed E-state index contributed by atoms with van der Waals surface area (Å²) in [6.07, 6.45) is 0.0448. The summed E-state index contributed by atoms with van der Waals surface area (Å²) in [5.41, 5.74) is 1.42. The van der Waals surface area contributed by atoms with Crippen LogP contribution in [0.2, 0.25) is 5.02 Å². The number of halogens is 3. The van der Waals surface area contributed by atoms with E-state index in [1.807, 2.05) is 0 Å². The fraction of sp³-hybridized carbons (Fsp3) is 0.240. The lowest BCUT2D eigenvalue weighted by Crippen LogP contribution is -2.43. The van der Waals surface area contributed by atoms with Gasteiger partial charge in [-0.3, -0.25) is 4.31 Å². The molecular formula is C25H22ClF2NO4S. The molecule has 34 heavy (non-hydrogen) atoms. The second-order valence-electron chi connectivity index (χ2n) is 8.26. The molecule has 0 amide bonds. The SMILES string of the molecule is CC(=O)CC[C@H]1CN(S(=O)(=O)c2cccc(C)c2)c2cc(-c3cc(F)cc(F)c3Cl)ccc2O1. The van der Waals surface area contributed by atoms with Crippen LogP contribution >= 0.6 is 11.6 Å². The minimum Gasteiger partial charge on any atom is -0.486 e. The maximum Gasteiger partial charge on any atom is 0.264 e. The average Bonchev–Trinajstić information content (AvgIpc) is 2.79. The molecule has 0 fully saturated rings. The lowest BCUT2D eigenvalue weighted by Gasteiger charge is -2.36. The summed E-state index contributed by atoms with van der Waals surface area (Å²) in [6.45, 7) is 3.23. The molecule has 0 unspecified atom stereocenters. The first-order valence-electron chi connectivity index (χ1n) is 10.6. The van der Waals surface area contributed by atoms with E-state index in [0.717, 1.165) is 11.6 Å². The van der Waals surface area contributed by atoms with E-state index >= 15 is 0 Å². The van der Waals surface area contributed by atoms with Crippen molar-refractivity contribution < 1.29 is 26.7 Å². The summed E-state index contributed by atoms with van der Waals surface area (Å²) in [4.78, 5) is 11.6. The highest BCUT2D eigenvalue weighted by Gasteiger charge is 2.35. The predicted octanol–water partition coefficient (Wildman–Crippen LogP) is 5.92. The molecule has 0 aliphatic carbocycles. The van der Waals surface area contributed by atoms with Crippen LogP contribution in [0.25, 0.3) is 11.1 Å². The van der Waals surface area contributed by atoms with E-state index in [-0.39, 0.29) is 45.7 Å². The number of ketones is 1. The van der Waals surface area contributed by atoms with E-state index in [4.69, 9.17) is 16.3 Å². The Balaban J connectivity index is 1.84. The molecule has 0 aromatic heterocycles. The van der Waals surface area contributed by atoms with E-state index < -0.39 is 27.8 Å². The number of sulfonamides is 1. The number of aryl methyl sites for hydroxylation is 1. The quantitative estimate of drug-likeness (QED) is 0.390. The van der Waals surface area contributed by atoms with Crippen LogP contribution in [-0.2, 0) is 14.8 Å². The normalized spacial score (nSPS) is 15.6. The van der Waals surface area contributed by atoms with Gasteiger partial charge in [0.15, 0.2) is 0 Å². The third-order valence-electron chi connectivity index (χ3n) is 5.59. The topological polar surface area (TPSA) is 63.7 Å². The van der Waals surface area contributed by atoms with Crippen LogP contribution in [0.15, 0.2) is 59.5 Å². The molecule has 0 spiro atoms. The lowest BCUT2D eigenvalue weighted by molar-refractivity contribution is -0.117. The average molecular weight is 506 g/mol. The van der Waals surface area contributed by atoms with Gasteiger partial charge in [-0.25, -0.2) is 17.2 Å². The van der Waals surface area contributed by atoms with Gasteiger partial charge in [-0.05, 0) is 61.7 Å². The zero-order valence-electron chi connectivity index (χ0n) is 18.5. The Hall–Kier alpha value is -2.97. The molecule has 0 radical (unpaired) electrons. The Kier molecular flexibility index (Phi) is 6.64. The van der Waals surface area contributed by atoms with Gasteiger partial charge in [0.1, 0.15) is 29.3 Å². The summed E-state index contributed by atoms with van der Waals surface area (Å²) < 4.78 is 62.5. The van der Waals surface area contributed by atoms with Gasteiger partial charge in [-0.2, -0.15) is 0 Å². The number of nitrogens with zero attached hydrogens (tertiary/aromatic N) is 1. The molecule has 3 aromatic rings. The van der Waals surface area contributed by atoms with Crippen molar-refractivity contribution in [2.24, 2.45) is 0 Å². The van der Waals surface area contributed by atoms with Crippen molar-refractivity contribution in [2.75, 3.05) is 10.8 Å². The molecule has 1 aliphatic rings. The van der Waals surface area contributed by atoms with Gasteiger partial charge >= 0.3 is 0 Å². The molecule has 1 heterocycles. The van der Waals surface area contributed by atoms with E-state index in [9.17, 15) is 22.0 Å². The first-order chi connectivity index (χ1) is 16.1. The van der Waals surface area contributed by atoms with Crippen LogP contribution in [0.5, 0.6) is 5.75 Å². The summed E-state index contributed by atoms with van der Waals surface area (Å²) in [5, 5.41) is -0.273. The molecule has 0 bridgehead atoms. The molecule has 5 nitrogen and oxygen atoms in total. The number of rotatable bonds is 6. The van der Waals surface area contributed by atoms with Crippen LogP contribution < -0.4 is 9.04 Å². The Morgan fingerprint density at radius 3 is 2.62 bits per heavy atom. The second-order valence-corrected chi connectivity index (χ2v) is 10.5. The highest BCUT2D eigenvalue weighted by molar-refractivity contribution is 7.92. The van der Waals surface area contributed by atoms with Crippen LogP contribution in [0.4, 0.5) is 14.5 Å². The Morgan fingerprint density at radius 2 is 1.91 bits per heavy atom. The number of Topliss-reactive ketones (excluding diaryl/α,β-unsaturated/α-hetero) is 1. The second kappa shape index (κ2) is 9.35. The van der Waals surface area contributed by atoms with Crippen molar-refractivity contribution in [3.05, 3.63) is 76.8 Å². The first-order valence-corrected chi connectivity index (χ1v) is 12.4. The largest absolute Gasteiger partial charge is 0.486 e. The van der Waals surface area contributed by atoms with E-state index in [1.54, 1.807) is 37.3 Å².